The first-order valence-corrected chi connectivity index (χ1v) is 8.62. The van der Waals surface area contributed by atoms with E-state index in [4.69, 9.17) is 5.26 Å². The molecule has 23 heavy (non-hydrogen) atoms. The Labute approximate surface area is 136 Å². The first-order valence-electron chi connectivity index (χ1n) is 7.12. The van der Waals surface area contributed by atoms with Crippen molar-refractivity contribution in [1.29, 1.82) is 5.26 Å². The SMILES string of the molecule is N#CCCN(Cc1ccccn1)S(=O)(=O)/C=C/c1ccccc1. The number of pyridine rings is 1. The maximum atomic E-state index is 12.5. The van der Waals surface area contributed by atoms with Crippen LogP contribution in [0.5, 0.6) is 0 Å². The monoisotopic (exact) mass is 327 g/mol. The molecule has 118 valence electrons. The lowest BCUT2D eigenvalue weighted by Gasteiger charge is -2.18. The van der Waals surface area contributed by atoms with Crippen LogP contribution >= 0.6 is 0 Å². The van der Waals surface area contributed by atoms with Gasteiger partial charge >= 0.3 is 0 Å². The maximum absolute atomic E-state index is 12.5. The summed E-state index contributed by atoms with van der Waals surface area (Å²) in [4.78, 5) is 4.15. The first kappa shape index (κ1) is 16.9. The molecule has 2 rings (SSSR count). The van der Waals surface area contributed by atoms with E-state index in [-0.39, 0.29) is 19.5 Å². The third-order valence-electron chi connectivity index (χ3n) is 3.13. The van der Waals surface area contributed by atoms with Gasteiger partial charge in [0.1, 0.15) is 0 Å². The lowest BCUT2D eigenvalue weighted by Crippen LogP contribution is -2.30. The Hall–Kier alpha value is -2.49. The molecule has 5 nitrogen and oxygen atoms in total. The van der Waals surface area contributed by atoms with Crippen LogP contribution in [0.15, 0.2) is 60.1 Å². The van der Waals surface area contributed by atoms with Gasteiger partial charge in [0.25, 0.3) is 0 Å². The van der Waals surface area contributed by atoms with Gasteiger partial charge in [0, 0.05) is 24.6 Å². The summed E-state index contributed by atoms with van der Waals surface area (Å²) in [5.41, 5.74) is 1.44. The zero-order chi connectivity index (χ0) is 16.5. The van der Waals surface area contributed by atoms with Gasteiger partial charge in [-0.15, -0.1) is 0 Å². The van der Waals surface area contributed by atoms with Crippen LogP contribution in [0.1, 0.15) is 17.7 Å². The van der Waals surface area contributed by atoms with Crippen LogP contribution in [0.25, 0.3) is 6.08 Å². The fourth-order valence-corrected chi connectivity index (χ4v) is 3.12. The molecule has 1 heterocycles. The molecule has 0 unspecified atom stereocenters. The molecular formula is C17H17N3O2S. The van der Waals surface area contributed by atoms with Gasteiger partial charge in [-0.05, 0) is 23.8 Å². The predicted octanol–water partition coefficient (Wildman–Crippen LogP) is 2.80. The molecule has 0 fully saturated rings. The Balaban J connectivity index is 2.19. The molecule has 0 bridgehead atoms. The number of nitrogens with zero attached hydrogens (tertiary/aromatic N) is 3. The number of sulfonamides is 1. The lowest BCUT2D eigenvalue weighted by molar-refractivity contribution is 0.415. The Morgan fingerprint density at radius 1 is 1.13 bits per heavy atom. The number of benzene rings is 1. The van der Waals surface area contributed by atoms with Gasteiger partial charge in [0.05, 0.1) is 18.3 Å². The maximum Gasteiger partial charge on any atom is 0.236 e. The molecule has 0 radical (unpaired) electrons. The van der Waals surface area contributed by atoms with E-state index in [1.807, 2.05) is 36.4 Å². The molecule has 0 aliphatic rings. The van der Waals surface area contributed by atoms with Crippen LogP contribution < -0.4 is 0 Å². The van der Waals surface area contributed by atoms with Crippen LogP contribution in [0.4, 0.5) is 0 Å². The average Bonchev–Trinajstić information content (AvgIpc) is 2.58. The van der Waals surface area contributed by atoms with Crippen molar-refractivity contribution in [3.8, 4) is 6.07 Å². The lowest BCUT2D eigenvalue weighted by atomic mass is 10.2. The second-order valence-electron chi connectivity index (χ2n) is 4.82. The van der Waals surface area contributed by atoms with Crippen LogP contribution in [0.3, 0.4) is 0 Å². The Bertz CT molecular complexity index is 782. The Morgan fingerprint density at radius 3 is 2.52 bits per heavy atom. The number of hydrogen-bond donors (Lipinski definition) is 0. The number of hydrogen-bond acceptors (Lipinski definition) is 4. The van der Waals surface area contributed by atoms with Gasteiger partial charge < -0.3 is 0 Å². The molecule has 1 aromatic heterocycles. The highest BCUT2D eigenvalue weighted by atomic mass is 32.2. The highest BCUT2D eigenvalue weighted by Crippen LogP contribution is 2.12. The minimum Gasteiger partial charge on any atom is -0.260 e. The van der Waals surface area contributed by atoms with E-state index in [2.05, 4.69) is 4.98 Å². The summed E-state index contributed by atoms with van der Waals surface area (Å²) >= 11 is 0. The third-order valence-corrected chi connectivity index (χ3v) is 4.64. The van der Waals surface area contributed by atoms with Crippen LogP contribution in [0, 0.1) is 11.3 Å². The molecule has 0 spiro atoms. The van der Waals surface area contributed by atoms with Crippen molar-refractivity contribution in [3.05, 3.63) is 71.4 Å². The molecule has 0 amide bonds. The quantitative estimate of drug-likeness (QED) is 0.784. The molecule has 0 saturated carbocycles. The first-order chi connectivity index (χ1) is 11.1. The van der Waals surface area contributed by atoms with Gasteiger partial charge in [0.15, 0.2) is 0 Å². The summed E-state index contributed by atoms with van der Waals surface area (Å²) in [7, 11) is -3.63. The van der Waals surface area contributed by atoms with Crippen molar-refractivity contribution in [2.75, 3.05) is 6.54 Å². The molecule has 1 aromatic carbocycles. The summed E-state index contributed by atoms with van der Waals surface area (Å²) < 4.78 is 26.3. The molecule has 0 saturated heterocycles. The highest BCUT2D eigenvalue weighted by molar-refractivity contribution is 7.92. The molecular weight excluding hydrogens is 310 g/mol. The second kappa shape index (κ2) is 8.22. The molecule has 0 atom stereocenters. The van der Waals surface area contributed by atoms with Gasteiger partial charge in [0.2, 0.25) is 10.0 Å². The summed E-state index contributed by atoms with van der Waals surface area (Å²) in [6, 6.07) is 16.5. The second-order valence-corrected chi connectivity index (χ2v) is 6.64. The number of aromatic nitrogens is 1. The van der Waals surface area contributed by atoms with Gasteiger partial charge in [-0.2, -0.15) is 9.57 Å². The van der Waals surface area contributed by atoms with E-state index in [9.17, 15) is 8.42 Å². The van der Waals surface area contributed by atoms with Crippen molar-refractivity contribution in [2.24, 2.45) is 0 Å². The van der Waals surface area contributed by atoms with Crippen molar-refractivity contribution in [1.82, 2.24) is 9.29 Å². The van der Waals surface area contributed by atoms with Crippen molar-refractivity contribution in [3.63, 3.8) is 0 Å². The number of rotatable bonds is 7. The minimum absolute atomic E-state index is 0.130. The zero-order valence-corrected chi connectivity index (χ0v) is 13.4. The van der Waals surface area contributed by atoms with Gasteiger partial charge in [-0.3, -0.25) is 4.98 Å². The van der Waals surface area contributed by atoms with Gasteiger partial charge in [-0.1, -0.05) is 36.4 Å². The summed E-state index contributed by atoms with van der Waals surface area (Å²) in [6.07, 6.45) is 3.29. The van der Waals surface area contributed by atoms with Crippen molar-refractivity contribution < 1.29 is 8.42 Å². The highest BCUT2D eigenvalue weighted by Gasteiger charge is 2.19. The summed E-state index contributed by atoms with van der Waals surface area (Å²) in [5.74, 6) is 0. The standard InChI is InChI=1S/C17H17N3O2S/c18-11-6-13-20(15-17-9-4-5-12-19-17)23(21,22)14-10-16-7-2-1-3-8-16/h1-5,7-10,12,14H,6,13,15H2/b14-10+. The van der Waals surface area contributed by atoms with Crippen LogP contribution in [0.2, 0.25) is 0 Å². The van der Waals surface area contributed by atoms with Crippen LogP contribution in [-0.2, 0) is 16.6 Å². The van der Waals surface area contributed by atoms with E-state index in [0.717, 1.165) is 5.56 Å². The minimum atomic E-state index is -3.63. The van der Waals surface area contributed by atoms with Crippen LogP contribution in [-0.4, -0.2) is 24.3 Å². The third kappa shape index (κ3) is 5.33. The zero-order valence-electron chi connectivity index (χ0n) is 12.5. The van der Waals surface area contributed by atoms with Gasteiger partial charge in [-0.25, -0.2) is 8.42 Å². The molecule has 0 N–H and O–H groups in total. The normalized spacial score (nSPS) is 11.7. The fraction of sp³-hybridized carbons (Fsp3) is 0.176. The Kier molecular flexibility index (Phi) is 6.03. The summed E-state index contributed by atoms with van der Waals surface area (Å²) in [6.45, 7) is 0.276. The van der Waals surface area contributed by atoms with E-state index >= 15 is 0 Å². The van der Waals surface area contributed by atoms with Crippen molar-refractivity contribution >= 4 is 16.1 Å². The van der Waals surface area contributed by atoms with E-state index in [1.54, 1.807) is 30.5 Å². The average molecular weight is 327 g/mol. The molecule has 0 aliphatic heterocycles. The topological polar surface area (TPSA) is 74.1 Å². The smallest absolute Gasteiger partial charge is 0.236 e. The van der Waals surface area contributed by atoms with E-state index < -0.39 is 10.0 Å². The molecule has 0 aliphatic carbocycles. The predicted molar refractivity (Wildman–Crippen MR) is 89.3 cm³/mol. The molecule has 6 heteroatoms. The fourth-order valence-electron chi connectivity index (χ4n) is 1.96. The van der Waals surface area contributed by atoms with E-state index in [0.29, 0.717) is 5.69 Å². The largest absolute Gasteiger partial charge is 0.260 e. The van der Waals surface area contributed by atoms with Crippen molar-refractivity contribution in [2.45, 2.75) is 13.0 Å². The Morgan fingerprint density at radius 2 is 1.87 bits per heavy atom. The summed E-state index contributed by atoms with van der Waals surface area (Å²) in [5, 5.41) is 9.92. The van der Waals surface area contributed by atoms with E-state index in [1.165, 1.54) is 9.71 Å². The number of nitriles is 1. The molecule has 2 aromatic rings.